The molecule has 1 fully saturated rings. The summed E-state index contributed by atoms with van der Waals surface area (Å²) in [5.74, 6) is -0.0371. The van der Waals surface area contributed by atoms with Gasteiger partial charge in [0.2, 0.25) is 5.91 Å². The molecule has 124 valence electrons. The third-order valence-electron chi connectivity index (χ3n) is 4.18. The molecule has 2 heterocycles. The van der Waals surface area contributed by atoms with Gasteiger partial charge in [-0.15, -0.1) is 12.4 Å². The summed E-state index contributed by atoms with van der Waals surface area (Å²) >= 11 is 0. The summed E-state index contributed by atoms with van der Waals surface area (Å²) in [6.07, 6.45) is 1.47. The van der Waals surface area contributed by atoms with E-state index in [0.717, 1.165) is 18.7 Å². The maximum absolute atomic E-state index is 12.5. The zero-order valence-corrected chi connectivity index (χ0v) is 14.1. The number of hydrogen-bond acceptors (Lipinski definition) is 4. The zero-order chi connectivity index (χ0) is 15.7. The molecule has 1 aromatic carbocycles. The molecule has 1 aliphatic heterocycles. The van der Waals surface area contributed by atoms with Crippen molar-refractivity contribution in [1.29, 1.82) is 0 Å². The molecule has 23 heavy (non-hydrogen) atoms. The predicted molar refractivity (Wildman–Crippen MR) is 92.0 cm³/mol. The molecule has 6 nitrogen and oxygen atoms in total. The molecular formula is C16H21ClN4O2. The number of benzene rings is 1. The highest BCUT2D eigenvalue weighted by atomic mass is 35.5. The lowest BCUT2D eigenvalue weighted by Gasteiger charge is -2.34. The van der Waals surface area contributed by atoms with Crippen LogP contribution >= 0.6 is 12.4 Å². The highest BCUT2D eigenvalue weighted by Crippen LogP contribution is 2.11. The van der Waals surface area contributed by atoms with Crippen LogP contribution in [0.15, 0.2) is 29.3 Å². The number of hydrogen-bond donors (Lipinski definition) is 1. The second-order valence-electron chi connectivity index (χ2n) is 5.79. The van der Waals surface area contributed by atoms with E-state index in [4.69, 9.17) is 0 Å². The van der Waals surface area contributed by atoms with Gasteiger partial charge in [-0.1, -0.05) is 12.1 Å². The summed E-state index contributed by atoms with van der Waals surface area (Å²) in [6.45, 7) is 6.23. The second-order valence-corrected chi connectivity index (χ2v) is 5.79. The van der Waals surface area contributed by atoms with Gasteiger partial charge in [0.25, 0.3) is 5.56 Å². The van der Waals surface area contributed by atoms with Crippen molar-refractivity contribution in [3.8, 4) is 0 Å². The average Bonchev–Trinajstić information content (AvgIpc) is 2.51. The van der Waals surface area contributed by atoms with Gasteiger partial charge in [0.05, 0.1) is 17.2 Å². The first-order chi connectivity index (χ1) is 10.6. The minimum atomic E-state index is -0.162. The summed E-state index contributed by atoms with van der Waals surface area (Å²) in [5, 5.41) is 3.81. The molecule has 1 atom stereocenters. The van der Waals surface area contributed by atoms with Crippen molar-refractivity contribution in [3.63, 3.8) is 0 Å². The van der Waals surface area contributed by atoms with Gasteiger partial charge in [0, 0.05) is 25.7 Å². The summed E-state index contributed by atoms with van der Waals surface area (Å²) < 4.78 is 1.40. The molecule has 7 heteroatoms. The fourth-order valence-corrected chi connectivity index (χ4v) is 2.90. The van der Waals surface area contributed by atoms with Crippen LogP contribution in [0.2, 0.25) is 0 Å². The topological polar surface area (TPSA) is 67.2 Å². The number of amides is 1. The quantitative estimate of drug-likeness (QED) is 0.886. The Hall–Kier alpha value is -1.92. The van der Waals surface area contributed by atoms with Crippen LogP contribution < -0.4 is 10.9 Å². The molecule has 1 aromatic heterocycles. The van der Waals surface area contributed by atoms with E-state index in [2.05, 4.69) is 10.3 Å². The number of aryl methyl sites for hydroxylation is 1. The Bertz CT molecular complexity index is 774. The van der Waals surface area contributed by atoms with Crippen molar-refractivity contribution >= 4 is 29.2 Å². The van der Waals surface area contributed by atoms with Crippen LogP contribution in [0.1, 0.15) is 12.5 Å². The van der Waals surface area contributed by atoms with Crippen LogP contribution in [0, 0.1) is 6.92 Å². The Labute approximate surface area is 140 Å². The summed E-state index contributed by atoms with van der Waals surface area (Å²) in [4.78, 5) is 31.1. The van der Waals surface area contributed by atoms with Crippen molar-refractivity contribution in [2.75, 3.05) is 19.6 Å². The molecule has 3 rings (SSSR count). The van der Waals surface area contributed by atoms with Gasteiger partial charge >= 0.3 is 0 Å². The van der Waals surface area contributed by atoms with Crippen LogP contribution in [-0.2, 0) is 11.3 Å². The Morgan fingerprint density at radius 3 is 2.96 bits per heavy atom. The Morgan fingerprint density at radius 2 is 2.22 bits per heavy atom. The van der Waals surface area contributed by atoms with E-state index in [-0.39, 0.29) is 36.5 Å². The van der Waals surface area contributed by atoms with Crippen molar-refractivity contribution in [1.82, 2.24) is 19.8 Å². The number of para-hydroxylation sites is 1. The van der Waals surface area contributed by atoms with E-state index in [0.29, 0.717) is 17.4 Å². The Kier molecular flexibility index (Phi) is 5.38. The smallest absolute Gasteiger partial charge is 0.261 e. The van der Waals surface area contributed by atoms with Crippen molar-refractivity contribution in [2.24, 2.45) is 0 Å². The van der Waals surface area contributed by atoms with E-state index in [1.54, 1.807) is 6.07 Å². The molecule has 2 aromatic rings. The van der Waals surface area contributed by atoms with Crippen molar-refractivity contribution < 1.29 is 4.79 Å². The Balaban J connectivity index is 0.00000192. The number of fused-ring (bicyclic) bond motifs is 1. The number of rotatable bonds is 2. The summed E-state index contributed by atoms with van der Waals surface area (Å²) in [5.41, 5.74) is 1.50. The third kappa shape index (κ3) is 3.38. The lowest BCUT2D eigenvalue weighted by molar-refractivity contribution is -0.134. The minimum Gasteiger partial charge on any atom is -0.336 e. The monoisotopic (exact) mass is 336 g/mol. The number of carbonyl (C=O) groups is 1. The minimum absolute atomic E-state index is 0. The fourth-order valence-electron chi connectivity index (χ4n) is 2.90. The van der Waals surface area contributed by atoms with Crippen LogP contribution in [0.4, 0.5) is 0 Å². The number of halogens is 1. The van der Waals surface area contributed by atoms with E-state index in [9.17, 15) is 9.59 Å². The zero-order valence-electron chi connectivity index (χ0n) is 13.3. The molecule has 1 aliphatic rings. The molecule has 1 amide bonds. The van der Waals surface area contributed by atoms with Gasteiger partial charge in [-0.05, 0) is 25.5 Å². The van der Waals surface area contributed by atoms with Gasteiger partial charge in [0.15, 0.2) is 0 Å². The van der Waals surface area contributed by atoms with Crippen LogP contribution in [0.5, 0.6) is 0 Å². The summed E-state index contributed by atoms with van der Waals surface area (Å²) in [7, 11) is 0. The van der Waals surface area contributed by atoms with E-state index in [1.165, 1.54) is 10.9 Å². The van der Waals surface area contributed by atoms with E-state index < -0.39 is 0 Å². The second kappa shape index (κ2) is 7.10. The normalized spacial score (nSPS) is 17.8. The largest absolute Gasteiger partial charge is 0.336 e. The lowest BCUT2D eigenvalue weighted by atomic mass is 10.1. The maximum atomic E-state index is 12.5. The van der Waals surface area contributed by atoms with E-state index >= 15 is 0 Å². The lowest BCUT2D eigenvalue weighted by Crippen LogP contribution is -2.53. The first-order valence-corrected chi connectivity index (χ1v) is 7.53. The van der Waals surface area contributed by atoms with Gasteiger partial charge in [-0.25, -0.2) is 4.98 Å². The SMILES string of the molecule is Cc1cccc2c(=O)n(CC(=O)N3CCNC[C@@H]3C)cnc12.Cl. The van der Waals surface area contributed by atoms with Gasteiger partial charge in [0.1, 0.15) is 6.54 Å². The molecule has 1 N–H and O–H groups in total. The number of piperazine rings is 1. The number of aromatic nitrogens is 2. The fraction of sp³-hybridized carbons (Fsp3) is 0.438. The first kappa shape index (κ1) is 17.4. The molecule has 0 bridgehead atoms. The van der Waals surface area contributed by atoms with Crippen molar-refractivity contribution in [2.45, 2.75) is 26.4 Å². The van der Waals surface area contributed by atoms with Gasteiger partial charge in [-0.3, -0.25) is 14.2 Å². The third-order valence-corrected chi connectivity index (χ3v) is 4.18. The Morgan fingerprint density at radius 1 is 1.43 bits per heavy atom. The summed E-state index contributed by atoms with van der Waals surface area (Å²) in [6, 6.07) is 5.66. The first-order valence-electron chi connectivity index (χ1n) is 7.53. The molecule has 0 unspecified atom stereocenters. The van der Waals surface area contributed by atoms with Gasteiger partial charge in [-0.2, -0.15) is 0 Å². The molecule has 0 saturated carbocycles. The number of carbonyl (C=O) groups excluding carboxylic acids is 1. The number of nitrogens with one attached hydrogen (secondary N) is 1. The van der Waals surface area contributed by atoms with Crippen LogP contribution in [0.25, 0.3) is 10.9 Å². The molecular weight excluding hydrogens is 316 g/mol. The van der Waals surface area contributed by atoms with Gasteiger partial charge < -0.3 is 10.2 Å². The van der Waals surface area contributed by atoms with Crippen LogP contribution in [0.3, 0.4) is 0 Å². The van der Waals surface area contributed by atoms with Crippen molar-refractivity contribution in [3.05, 3.63) is 40.4 Å². The molecule has 0 radical (unpaired) electrons. The predicted octanol–water partition coefficient (Wildman–Crippen LogP) is 0.947. The van der Waals surface area contributed by atoms with Crippen LogP contribution in [-0.4, -0.2) is 46.0 Å². The number of nitrogens with zero attached hydrogens (tertiary/aromatic N) is 3. The highest BCUT2D eigenvalue weighted by molar-refractivity contribution is 5.85. The molecule has 0 aliphatic carbocycles. The average molecular weight is 337 g/mol. The standard InChI is InChI=1S/C16H20N4O2.ClH/c1-11-4-3-5-13-15(11)18-10-19(16(13)22)9-14(21)20-7-6-17-8-12(20)2;/h3-5,10,12,17H,6-9H2,1-2H3;1H/t12-;/m0./s1. The molecule has 1 saturated heterocycles. The molecule has 0 spiro atoms. The van der Waals surface area contributed by atoms with E-state index in [1.807, 2.05) is 30.9 Å². The maximum Gasteiger partial charge on any atom is 0.261 e. The highest BCUT2D eigenvalue weighted by Gasteiger charge is 2.23.